The molecule has 0 unspecified atom stereocenters. The van der Waals surface area contributed by atoms with Gasteiger partial charge in [0.15, 0.2) is 0 Å². The number of hydrogen-bond acceptors (Lipinski definition) is 5. The molecule has 120 valence electrons. The zero-order valence-electron chi connectivity index (χ0n) is 13.0. The number of rotatable bonds is 3. The number of urea groups is 1. The molecule has 23 heavy (non-hydrogen) atoms. The van der Waals surface area contributed by atoms with Gasteiger partial charge in [0.05, 0.1) is 6.20 Å². The lowest BCUT2D eigenvalue weighted by molar-refractivity contribution is 0.208. The molecule has 1 aliphatic rings. The molecule has 0 aliphatic carbocycles. The van der Waals surface area contributed by atoms with E-state index in [2.05, 4.69) is 20.2 Å². The van der Waals surface area contributed by atoms with Gasteiger partial charge in [0.1, 0.15) is 5.82 Å². The first kappa shape index (κ1) is 15.6. The summed E-state index contributed by atoms with van der Waals surface area (Å²) in [7, 11) is 0. The predicted molar refractivity (Wildman–Crippen MR) is 93.1 cm³/mol. The van der Waals surface area contributed by atoms with Gasteiger partial charge in [0.2, 0.25) is 0 Å². The van der Waals surface area contributed by atoms with Gasteiger partial charge < -0.3 is 15.1 Å². The minimum absolute atomic E-state index is 0.0537. The van der Waals surface area contributed by atoms with Crippen molar-refractivity contribution in [1.29, 1.82) is 0 Å². The Morgan fingerprint density at radius 2 is 2.04 bits per heavy atom. The molecular weight excluding hydrogens is 310 g/mol. The molecule has 6 nitrogen and oxygen atoms in total. The summed E-state index contributed by atoms with van der Waals surface area (Å²) in [6.45, 7) is 2.86. The van der Waals surface area contributed by atoms with Gasteiger partial charge in [-0.2, -0.15) is 0 Å². The summed E-state index contributed by atoms with van der Waals surface area (Å²) in [5, 5.41) is 2.97. The fourth-order valence-electron chi connectivity index (χ4n) is 2.50. The number of aromatic nitrogens is 2. The van der Waals surface area contributed by atoms with Crippen LogP contribution in [-0.4, -0.2) is 53.3 Å². The van der Waals surface area contributed by atoms with Crippen molar-refractivity contribution in [2.45, 2.75) is 4.90 Å². The first-order chi connectivity index (χ1) is 11.3. The van der Waals surface area contributed by atoms with Gasteiger partial charge in [-0.3, -0.25) is 4.98 Å². The molecule has 0 saturated carbocycles. The van der Waals surface area contributed by atoms with Crippen molar-refractivity contribution in [3.05, 3.63) is 42.9 Å². The Hall–Kier alpha value is -2.28. The van der Waals surface area contributed by atoms with Gasteiger partial charge in [-0.25, -0.2) is 9.78 Å². The van der Waals surface area contributed by atoms with Gasteiger partial charge in [-0.1, -0.05) is 6.07 Å². The molecule has 2 amide bonds. The smallest absolute Gasteiger partial charge is 0.321 e. The lowest BCUT2D eigenvalue weighted by atomic mass is 10.3. The van der Waals surface area contributed by atoms with Crippen molar-refractivity contribution in [3.8, 4) is 0 Å². The maximum atomic E-state index is 12.4. The lowest BCUT2D eigenvalue weighted by Crippen LogP contribution is -2.50. The van der Waals surface area contributed by atoms with Crippen LogP contribution >= 0.6 is 11.8 Å². The fourth-order valence-corrected chi connectivity index (χ4v) is 2.96. The van der Waals surface area contributed by atoms with Gasteiger partial charge >= 0.3 is 6.03 Å². The Morgan fingerprint density at radius 3 is 2.74 bits per heavy atom. The van der Waals surface area contributed by atoms with Crippen molar-refractivity contribution in [2.24, 2.45) is 0 Å². The minimum atomic E-state index is -0.0537. The number of nitrogens with zero attached hydrogens (tertiary/aromatic N) is 4. The second kappa shape index (κ2) is 7.32. The van der Waals surface area contributed by atoms with Gasteiger partial charge in [-0.15, -0.1) is 11.8 Å². The molecule has 1 aromatic carbocycles. The molecule has 0 atom stereocenters. The van der Waals surface area contributed by atoms with E-state index in [4.69, 9.17) is 0 Å². The van der Waals surface area contributed by atoms with E-state index in [0.29, 0.717) is 13.1 Å². The molecule has 1 fully saturated rings. The summed E-state index contributed by atoms with van der Waals surface area (Å²) in [6, 6.07) is 7.82. The Kier molecular flexibility index (Phi) is 4.97. The van der Waals surface area contributed by atoms with Gasteiger partial charge in [-0.05, 0) is 24.5 Å². The van der Waals surface area contributed by atoms with E-state index in [1.54, 1.807) is 30.4 Å². The first-order valence-corrected chi connectivity index (χ1v) is 8.69. The molecule has 1 saturated heterocycles. The normalized spacial score (nSPS) is 14.7. The summed E-state index contributed by atoms with van der Waals surface area (Å²) in [4.78, 5) is 25.9. The highest BCUT2D eigenvalue weighted by Crippen LogP contribution is 2.19. The summed E-state index contributed by atoms with van der Waals surface area (Å²) >= 11 is 1.66. The zero-order valence-corrected chi connectivity index (χ0v) is 13.8. The van der Waals surface area contributed by atoms with Crippen molar-refractivity contribution < 1.29 is 4.79 Å². The van der Waals surface area contributed by atoms with E-state index in [0.717, 1.165) is 29.5 Å². The summed E-state index contributed by atoms with van der Waals surface area (Å²) in [5.74, 6) is 0.861. The van der Waals surface area contributed by atoms with E-state index >= 15 is 0 Å². The third-order valence-corrected chi connectivity index (χ3v) is 4.49. The van der Waals surface area contributed by atoms with Crippen LogP contribution in [0.1, 0.15) is 0 Å². The number of piperazine rings is 1. The van der Waals surface area contributed by atoms with Gasteiger partial charge in [0, 0.05) is 49.2 Å². The molecular formula is C16H19N5OS. The summed E-state index contributed by atoms with van der Waals surface area (Å²) < 4.78 is 0. The highest BCUT2D eigenvalue weighted by molar-refractivity contribution is 7.98. The maximum absolute atomic E-state index is 12.4. The Labute approximate surface area is 139 Å². The van der Waals surface area contributed by atoms with Crippen molar-refractivity contribution in [3.63, 3.8) is 0 Å². The second-order valence-corrected chi connectivity index (χ2v) is 6.08. The number of benzene rings is 1. The Morgan fingerprint density at radius 1 is 1.22 bits per heavy atom. The molecule has 1 N–H and O–H groups in total. The number of carbonyl (C=O) groups excluding carboxylic acids is 1. The van der Waals surface area contributed by atoms with Gasteiger partial charge in [0.25, 0.3) is 0 Å². The van der Waals surface area contributed by atoms with E-state index in [-0.39, 0.29) is 6.03 Å². The van der Waals surface area contributed by atoms with Crippen LogP contribution < -0.4 is 10.2 Å². The van der Waals surface area contributed by atoms with Crippen LogP contribution in [0.2, 0.25) is 0 Å². The lowest BCUT2D eigenvalue weighted by Gasteiger charge is -2.35. The molecule has 0 bridgehead atoms. The van der Waals surface area contributed by atoms with Crippen LogP contribution in [0, 0.1) is 0 Å². The number of carbonyl (C=O) groups is 1. The molecule has 7 heteroatoms. The van der Waals surface area contributed by atoms with Crippen LogP contribution in [0.5, 0.6) is 0 Å². The summed E-state index contributed by atoms with van der Waals surface area (Å²) in [5.41, 5.74) is 0.832. The number of thioether (sulfide) groups is 1. The molecule has 1 aromatic heterocycles. The molecule has 2 heterocycles. The monoisotopic (exact) mass is 329 g/mol. The largest absolute Gasteiger partial charge is 0.352 e. The average molecular weight is 329 g/mol. The molecule has 0 radical (unpaired) electrons. The van der Waals surface area contributed by atoms with Crippen molar-refractivity contribution in [2.75, 3.05) is 42.7 Å². The SMILES string of the molecule is CSc1cccc(NC(=O)N2CCN(c3cnccn3)CC2)c1. The van der Waals surface area contributed by atoms with Crippen LogP contribution in [-0.2, 0) is 0 Å². The topological polar surface area (TPSA) is 61.4 Å². The Balaban J connectivity index is 1.56. The standard InChI is InChI=1S/C16H19N5OS/c1-23-14-4-2-3-13(11-14)19-16(22)21-9-7-20(8-10-21)15-12-17-5-6-18-15/h2-6,11-12H,7-10H2,1H3,(H,19,22). The number of amides is 2. The van der Waals surface area contributed by atoms with Crippen LogP contribution in [0.3, 0.4) is 0 Å². The number of hydrogen-bond donors (Lipinski definition) is 1. The van der Waals surface area contributed by atoms with Crippen LogP contribution in [0.15, 0.2) is 47.8 Å². The number of anilines is 2. The molecule has 1 aliphatic heterocycles. The quantitative estimate of drug-likeness (QED) is 0.877. The highest BCUT2D eigenvalue weighted by Gasteiger charge is 2.21. The molecule has 0 spiro atoms. The predicted octanol–water partition coefficient (Wildman–Crippen LogP) is 2.55. The minimum Gasteiger partial charge on any atom is -0.352 e. The van der Waals surface area contributed by atoms with Crippen molar-refractivity contribution in [1.82, 2.24) is 14.9 Å². The van der Waals surface area contributed by atoms with Crippen LogP contribution in [0.4, 0.5) is 16.3 Å². The number of nitrogens with one attached hydrogen (secondary N) is 1. The van der Waals surface area contributed by atoms with E-state index < -0.39 is 0 Å². The first-order valence-electron chi connectivity index (χ1n) is 7.47. The Bertz CT molecular complexity index is 659. The average Bonchev–Trinajstić information content (AvgIpc) is 2.63. The van der Waals surface area contributed by atoms with E-state index in [1.165, 1.54) is 0 Å². The summed E-state index contributed by atoms with van der Waals surface area (Å²) in [6.07, 6.45) is 7.12. The maximum Gasteiger partial charge on any atom is 0.321 e. The zero-order chi connectivity index (χ0) is 16.1. The third-order valence-electron chi connectivity index (χ3n) is 3.76. The van der Waals surface area contributed by atoms with E-state index in [9.17, 15) is 4.79 Å². The molecule has 2 aromatic rings. The second-order valence-electron chi connectivity index (χ2n) is 5.20. The third kappa shape index (κ3) is 3.92. The van der Waals surface area contributed by atoms with Crippen molar-refractivity contribution >= 4 is 29.3 Å². The molecule has 3 rings (SSSR count). The van der Waals surface area contributed by atoms with E-state index in [1.807, 2.05) is 35.4 Å². The van der Waals surface area contributed by atoms with Crippen LogP contribution in [0.25, 0.3) is 0 Å². The fraction of sp³-hybridized carbons (Fsp3) is 0.312. The highest BCUT2D eigenvalue weighted by atomic mass is 32.2.